The van der Waals surface area contributed by atoms with E-state index in [9.17, 15) is 0 Å². The van der Waals surface area contributed by atoms with Gasteiger partial charge in [0.05, 0.1) is 18.8 Å². The van der Waals surface area contributed by atoms with Gasteiger partial charge in [-0.1, -0.05) is 38.1 Å². The maximum absolute atomic E-state index is 5.63. The predicted octanol–water partition coefficient (Wildman–Crippen LogP) is 2.81. The molecule has 0 fully saturated rings. The summed E-state index contributed by atoms with van der Waals surface area (Å²) in [4.78, 5) is 0. The van der Waals surface area contributed by atoms with Gasteiger partial charge in [-0.3, -0.25) is 11.3 Å². The Balaban J connectivity index is 2.72. The highest BCUT2D eigenvalue weighted by atomic mass is 16.5. The zero-order valence-electron chi connectivity index (χ0n) is 11.9. The molecule has 18 heavy (non-hydrogen) atoms. The topological polar surface area (TPSA) is 47.3 Å². The van der Waals surface area contributed by atoms with Gasteiger partial charge in [-0.05, 0) is 37.3 Å². The van der Waals surface area contributed by atoms with Crippen LogP contribution in [0.3, 0.4) is 0 Å². The largest absolute Gasteiger partial charge is 0.377 e. The van der Waals surface area contributed by atoms with E-state index in [0.29, 0.717) is 12.5 Å². The first-order valence-corrected chi connectivity index (χ1v) is 6.69. The van der Waals surface area contributed by atoms with Crippen molar-refractivity contribution in [1.29, 1.82) is 0 Å². The van der Waals surface area contributed by atoms with E-state index in [1.54, 1.807) is 0 Å². The highest BCUT2D eigenvalue weighted by Gasteiger charge is 2.11. The summed E-state index contributed by atoms with van der Waals surface area (Å²) in [6.45, 7) is 9.12. The Bertz CT molecular complexity index is 350. The van der Waals surface area contributed by atoms with Crippen molar-refractivity contribution in [3.8, 4) is 0 Å². The number of nitrogens with two attached hydrogens (primary N) is 1. The number of benzene rings is 1. The Kier molecular flexibility index (Phi) is 6.33. The quantitative estimate of drug-likeness (QED) is 0.578. The molecule has 1 rings (SSSR count). The first kappa shape index (κ1) is 15.2. The molecule has 3 nitrogen and oxygen atoms in total. The lowest BCUT2D eigenvalue weighted by Gasteiger charge is -2.19. The van der Waals surface area contributed by atoms with Gasteiger partial charge in [0, 0.05) is 0 Å². The molecular weight excluding hydrogens is 224 g/mol. The number of ether oxygens (including phenoxy) is 1. The van der Waals surface area contributed by atoms with Crippen LogP contribution in [-0.2, 0) is 11.2 Å². The molecule has 0 aromatic heterocycles. The maximum atomic E-state index is 5.63. The molecule has 0 radical (unpaired) electrons. The van der Waals surface area contributed by atoms with Crippen molar-refractivity contribution < 1.29 is 4.74 Å². The SMILES string of the molecule is CC(C)Cc1cccc(C(COC(C)C)NN)c1. The number of nitrogens with one attached hydrogen (secondary N) is 1. The Morgan fingerprint density at radius 2 is 1.94 bits per heavy atom. The van der Waals surface area contributed by atoms with Gasteiger partial charge >= 0.3 is 0 Å². The first-order valence-electron chi connectivity index (χ1n) is 6.69. The van der Waals surface area contributed by atoms with Crippen molar-refractivity contribution in [1.82, 2.24) is 5.43 Å². The lowest BCUT2D eigenvalue weighted by atomic mass is 9.98. The number of hydrogen-bond acceptors (Lipinski definition) is 3. The van der Waals surface area contributed by atoms with Crippen molar-refractivity contribution in [2.24, 2.45) is 11.8 Å². The van der Waals surface area contributed by atoms with E-state index in [0.717, 1.165) is 6.42 Å². The number of hydrazine groups is 1. The summed E-state index contributed by atoms with van der Waals surface area (Å²) < 4.78 is 5.63. The molecule has 3 heteroatoms. The lowest BCUT2D eigenvalue weighted by Crippen LogP contribution is -2.32. The molecule has 102 valence electrons. The molecule has 0 aliphatic heterocycles. The number of rotatable bonds is 7. The van der Waals surface area contributed by atoms with E-state index < -0.39 is 0 Å². The minimum Gasteiger partial charge on any atom is -0.377 e. The van der Waals surface area contributed by atoms with Crippen LogP contribution in [0.25, 0.3) is 0 Å². The Morgan fingerprint density at radius 1 is 1.22 bits per heavy atom. The standard InChI is InChI=1S/C15H26N2O/c1-11(2)8-13-6-5-7-14(9-13)15(17-16)10-18-12(3)4/h5-7,9,11-12,15,17H,8,10,16H2,1-4H3. The summed E-state index contributed by atoms with van der Waals surface area (Å²) in [5.41, 5.74) is 5.37. The van der Waals surface area contributed by atoms with Crippen molar-refractivity contribution in [3.05, 3.63) is 35.4 Å². The van der Waals surface area contributed by atoms with Crippen molar-refractivity contribution in [3.63, 3.8) is 0 Å². The second kappa shape index (κ2) is 7.52. The molecule has 0 aliphatic rings. The molecule has 0 spiro atoms. The highest BCUT2D eigenvalue weighted by molar-refractivity contribution is 5.26. The molecule has 0 saturated carbocycles. The summed E-state index contributed by atoms with van der Waals surface area (Å²) in [5, 5.41) is 0. The smallest absolute Gasteiger partial charge is 0.0694 e. The molecule has 3 N–H and O–H groups in total. The molecule has 0 amide bonds. The molecule has 0 saturated heterocycles. The van der Waals surface area contributed by atoms with Crippen LogP contribution >= 0.6 is 0 Å². The second-order valence-corrected chi connectivity index (χ2v) is 5.44. The Morgan fingerprint density at radius 3 is 2.50 bits per heavy atom. The summed E-state index contributed by atoms with van der Waals surface area (Å²) in [6, 6.07) is 8.62. The van der Waals surface area contributed by atoms with Crippen molar-refractivity contribution in [2.75, 3.05) is 6.61 Å². The van der Waals surface area contributed by atoms with Gasteiger partial charge in [-0.2, -0.15) is 0 Å². The van der Waals surface area contributed by atoms with E-state index in [4.69, 9.17) is 10.6 Å². The molecule has 0 heterocycles. The van der Waals surface area contributed by atoms with E-state index in [1.807, 2.05) is 13.8 Å². The van der Waals surface area contributed by atoms with Crippen LogP contribution in [0.1, 0.15) is 44.9 Å². The van der Waals surface area contributed by atoms with Crippen molar-refractivity contribution in [2.45, 2.75) is 46.3 Å². The maximum Gasteiger partial charge on any atom is 0.0694 e. The van der Waals surface area contributed by atoms with Crippen LogP contribution in [0.4, 0.5) is 0 Å². The zero-order valence-corrected chi connectivity index (χ0v) is 11.9. The van der Waals surface area contributed by atoms with Crippen LogP contribution in [-0.4, -0.2) is 12.7 Å². The molecule has 0 aliphatic carbocycles. The predicted molar refractivity (Wildman–Crippen MR) is 76.1 cm³/mol. The van der Waals surface area contributed by atoms with Crippen LogP contribution in [0, 0.1) is 5.92 Å². The van der Waals surface area contributed by atoms with Gasteiger partial charge in [0.15, 0.2) is 0 Å². The molecular formula is C15H26N2O. The van der Waals surface area contributed by atoms with Crippen LogP contribution in [0.5, 0.6) is 0 Å². The summed E-state index contributed by atoms with van der Waals surface area (Å²) >= 11 is 0. The molecule has 1 aromatic rings. The van der Waals surface area contributed by atoms with E-state index in [2.05, 4.69) is 43.5 Å². The second-order valence-electron chi connectivity index (χ2n) is 5.44. The van der Waals surface area contributed by atoms with Crippen LogP contribution in [0.2, 0.25) is 0 Å². The summed E-state index contributed by atoms with van der Waals surface area (Å²) in [6.07, 6.45) is 1.32. The van der Waals surface area contributed by atoms with Gasteiger partial charge in [-0.25, -0.2) is 0 Å². The van der Waals surface area contributed by atoms with E-state index in [-0.39, 0.29) is 12.1 Å². The van der Waals surface area contributed by atoms with Crippen molar-refractivity contribution >= 4 is 0 Å². The molecule has 1 atom stereocenters. The van der Waals surface area contributed by atoms with Crippen LogP contribution in [0.15, 0.2) is 24.3 Å². The Hall–Kier alpha value is -0.900. The fourth-order valence-electron chi connectivity index (χ4n) is 1.94. The zero-order chi connectivity index (χ0) is 13.5. The fraction of sp³-hybridized carbons (Fsp3) is 0.600. The number of hydrogen-bond donors (Lipinski definition) is 2. The minimum atomic E-state index is 0.0551. The van der Waals surface area contributed by atoms with Crippen LogP contribution < -0.4 is 11.3 Å². The van der Waals surface area contributed by atoms with E-state index in [1.165, 1.54) is 11.1 Å². The van der Waals surface area contributed by atoms with Gasteiger partial charge < -0.3 is 4.74 Å². The lowest BCUT2D eigenvalue weighted by molar-refractivity contribution is 0.0611. The fourth-order valence-corrected chi connectivity index (χ4v) is 1.94. The van der Waals surface area contributed by atoms with Gasteiger partial charge in [0.1, 0.15) is 0 Å². The molecule has 0 bridgehead atoms. The molecule has 1 unspecified atom stereocenters. The third-order valence-electron chi connectivity index (χ3n) is 2.79. The highest BCUT2D eigenvalue weighted by Crippen LogP contribution is 2.17. The van der Waals surface area contributed by atoms with E-state index >= 15 is 0 Å². The van der Waals surface area contributed by atoms with Gasteiger partial charge in [-0.15, -0.1) is 0 Å². The average Bonchev–Trinajstić information content (AvgIpc) is 2.29. The Labute approximate surface area is 111 Å². The monoisotopic (exact) mass is 250 g/mol. The normalized spacial score (nSPS) is 13.3. The van der Waals surface area contributed by atoms with Gasteiger partial charge in [0.25, 0.3) is 0 Å². The minimum absolute atomic E-state index is 0.0551. The third kappa shape index (κ3) is 5.17. The summed E-state index contributed by atoms with van der Waals surface area (Å²) in [7, 11) is 0. The molecule has 1 aromatic carbocycles. The van der Waals surface area contributed by atoms with Gasteiger partial charge in [0.2, 0.25) is 0 Å². The first-order chi connectivity index (χ1) is 8.52. The third-order valence-corrected chi connectivity index (χ3v) is 2.79. The summed E-state index contributed by atoms with van der Waals surface area (Å²) in [5.74, 6) is 6.28. The average molecular weight is 250 g/mol.